The minimum Gasteiger partial charge on any atom is -0.316 e. The molecule has 2 N–H and O–H groups in total. The molecular weight excluding hydrogens is 356 g/mol. The van der Waals surface area contributed by atoms with Gasteiger partial charge in [0, 0.05) is 23.1 Å². The van der Waals surface area contributed by atoms with Crippen molar-refractivity contribution in [2.75, 3.05) is 38.0 Å². The molecule has 1 aromatic heterocycles. The monoisotopic (exact) mass is 380 g/mol. The van der Waals surface area contributed by atoms with Gasteiger partial charge in [-0.15, -0.1) is 0 Å². The number of pyridine rings is 1. The third-order valence-electron chi connectivity index (χ3n) is 4.85. The molecule has 1 atom stereocenters. The highest BCUT2D eigenvalue weighted by molar-refractivity contribution is 9.10. The summed E-state index contributed by atoms with van der Waals surface area (Å²) in [4.78, 5) is 19.1. The maximum atomic E-state index is 12.4. The fraction of sp³-hybridized carbons (Fsp3) is 0.647. The normalized spacial score (nSPS) is 23.6. The number of rotatable bonds is 4. The molecule has 2 fully saturated rings. The molecule has 126 valence electrons. The lowest BCUT2D eigenvalue weighted by molar-refractivity contribution is -0.121. The zero-order valence-corrected chi connectivity index (χ0v) is 15.0. The summed E-state index contributed by atoms with van der Waals surface area (Å²) in [5.74, 6) is 1.63. The molecule has 1 amide bonds. The van der Waals surface area contributed by atoms with Gasteiger partial charge in [-0.1, -0.05) is 0 Å². The first-order valence-electron chi connectivity index (χ1n) is 8.56. The molecule has 0 radical (unpaired) electrons. The minimum atomic E-state index is 0.110. The van der Waals surface area contributed by atoms with Crippen molar-refractivity contribution in [2.45, 2.75) is 25.7 Å². The number of anilines is 1. The Morgan fingerprint density at radius 3 is 2.83 bits per heavy atom. The second kappa shape index (κ2) is 8.22. The predicted octanol–water partition coefficient (Wildman–Crippen LogP) is 2.49. The Labute approximate surface area is 146 Å². The van der Waals surface area contributed by atoms with Crippen molar-refractivity contribution in [1.29, 1.82) is 0 Å². The summed E-state index contributed by atoms with van der Waals surface area (Å²) in [6.45, 7) is 5.55. The van der Waals surface area contributed by atoms with Crippen molar-refractivity contribution < 1.29 is 4.79 Å². The van der Waals surface area contributed by atoms with Crippen LogP contribution in [0.1, 0.15) is 25.7 Å². The Hall–Kier alpha value is -0.980. The van der Waals surface area contributed by atoms with Crippen molar-refractivity contribution in [3.63, 3.8) is 0 Å². The predicted molar refractivity (Wildman–Crippen MR) is 95.3 cm³/mol. The Kier molecular flexibility index (Phi) is 6.02. The van der Waals surface area contributed by atoms with Gasteiger partial charge in [0.2, 0.25) is 5.91 Å². The molecule has 23 heavy (non-hydrogen) atoms. The van der Waals surface area contributed by atoms with Crippen LogP contribution < -0.4 is 10.6 Å². The molecule has 5 nitrogen and oxygen atoms in total. The van der Waals surface area contributed by atoms with Crippen molar-refractivity contribution in [1.82, 2.24) is 15.2 Å². The van der Waals surface area contributed by atoms with E-state index in [-0.39, 0.29) is 11.8 Å². The molecule has 6 heteroatoms. The van der Waals surface area contributed by atoms with E-state index in [2.05, 4.69) is 36.4 Å². The number of carbonyl (C=O) groups is 1. The van der Waals surface area contributed by atoms with Gasteiger partial charge in [0.15, 0.2) is 0 Å². The summed E-state index contributed by atoms with van der Waals surface area (Å²) < 4.78 is 0.918. The Morgan fingerprint density at radius 1 is 1.35 bits per heavy atom. The molecule has 3 heterocycles. The van der Waals surface area contributed by atoms with Gasteiger partial charge in [-0.05, 0) is 85.8 Å². The highest BCUT2D eigenvalue weighted by Crippen LogP contribution is 2.21. The number of nitrogens with zero attached hydrogens (tertiary/aromatic N) is 2. The van der Waals surface area contributed by atoms with Gasteiger partial charge in [-0.2, -0.15) is 0 Å². The van der Waals surface area contributed by atoms with Gasteiger partial charge in [-0.25, -0.2) is 4.98 Å². The van der Waals surface area contributed by atoms with E-state index in [1.54, 1.807) is 6.20 Å². The van der Waals surface area contributed by atoms with Crippen LogP contribution >= 0.6 is 15.9 Å². The molecule has 1 aromatic rings. The lowest BCUT2D eigenvalue weighted by Gasteiger charge is -2.35. The van der Waals surface area contributed by atoms with Crippen LogP contribution in [0.5, 0.6) is 0 Å². The fourth-order valence-corrected chi connectivity index (χ4v) is 3.74. The number of amides is 1. The van der Waals surface area contributed by atoms with Crippen molar-refractivity contribution >= 4 is 27.7 Å². The molecular formula is C17H25BrN4O. The first-order valence-corrected chi connectivity index (χ1v) is 9.35. The van der Waals surface area contributed by atoms with Crippen LogP contribution in [0.4, 0.5) is 5.82 Å². The third-order valence-corrected chi connectivity index (χ3v) is 5.32. The number of carbonyl (C=O) groups excluding carboxylic acids is 1. The number of hydrogen-bond acceptors (Lipinski definition) is 4. The van der Waals surface area contributed by atoms with Crippen LogP contribution in [-0.4, -0.2) is 48.5 Å². The van der Waals surface area contributed by atoms with Crippen LogP contribution in [0, 0.1) is 11.8 Å². The first-order chi connectivity index (χ1) is 11.2. The number of piperidine rings is 2. The molecule has 2 aliphatic heterocycles. The zero-order chi connectivity index (χ0) is 16.1. The Bertz CT molecular complexity index is 508. The summed E-state index contributed by atoms with van der Waals surface area (Å²) in [5, 5.41) is 6.42. The number of likely N-dealkylation sites (tertiary alicyclic amines) is 1. The fourth-order valence-electron chi connectivity index (χ4n) is 3.50. The smallest absolute Gasteiger partial charge is 0.228 e. The first kappa shape index (κ1) is 16.9. The SMILES string of the molecule is O=C(Nc1ccc(Br)cn1)C1CCN(CC2CCCNC2)CC1. The average molecular weight is 381 g/mol. The van der Waals surface area contributed by atoms with E-state index < -0.39 is 0 Å². The van der Waals surface area contributed by atoms with Crippen LogP contribution in [-0.2, 0) is 4.79 Å². The third kappa shape index (κ3) is 4.99. The highest BCUT2D eigenvalue weighted by atomic mass is 79.9. The molecule has 2 aliphatic rings. The van der Waals surface area contributed by atoms with Crippen LogP contribution in [0.2, 0.25) is 0 Å². The number of halogens is 1. The second-order valence-electron chi connectivity index (χ2n) is 6.64. The van der Waals surface area contributed by atoms with E-state index in [9.17, 15) is 4.79 Å². The maximum Gasteiger partial charge on any atom is 0.228 e. The van der Waals surface area contributed by atoms with E-state index >= 15 is 0 Å². The molecule has 0 spiro atoms. The molecule has 0 saturated carbocycles. The topological polar surface area (TPSA) is 57.3 Å². The summed E-state index contributed by atoms with van der Waals surface area (Å²) >= 11 is 3.35. The minimum absolute atomic E-state index is 0.110. The second-order valence-corrected chi connectivity index (χ2v) is 7.55. The van der Waals surface area contributed by atoms with E-state index in [1.807, 2.05) is 12.1 Å². The van der Waals surface area contributed by atoms with Crippen molar-refractivity contribution in [2.24, 2.45) is 11.8 Å². The van der Waals surface area contributed by atoms with E-state index in [0.29, 0.717) is 5.82 Å². The maximum absolute atomic E-state index is 12.4. The molecule has 1 unspecified atom stereocenters. The van der Waals surface area contributed by atoms with Gasteiger partial charge < -0.3 is 15.5 Å². The average Bonchev–Trinajstić information content (AvgIpc) is 2.58. The number of hydrogen-bond donors (Lipinski definition) is 2. The van der Waals surface area contributed by atoms with Crippen molar-refractivity contribution in [3.8, 4) is 0 Å². The van der Waals surface area contributed by atoms with Gasteiger partial charge in [-0.3, -0.25) is 4.79 Å². The molecule has 3 rings (SSSR count). The van der Waals surface area contributed by atoms with E-state index in [0.717, 1.165) is 42.9 Å². The summed E-state index contributed by atoms with van der Waals surface area (Å²) in [7, 11) is 0. The summed E-state index contributed by atoms with van der Waals surface area (Å²) in [6, 6.07) is 3.72. The zero-order valence-electron chi connectivity index (χ0n) is 13.4. The molecule has 2 saturated heterocycles. The largest absolute Gasteiger partial charge is 0.316 e. The lowest BCUT2D eigenvalue weighted by atomic mass is 9.93. The Balaban J connectivity index is 1.42. The summed E-state index contributed by atoms with van der Waals surface area (Å²) in [5.41, 5.74) is 0. The molecule has 0 bridgehead atoms. The van der Waals surface area contributed by atoms with Gasteiger partial charge in [0.1, 0.15) is 5.82 Å². The standard InChI is InChI=1S/C17H25BrN4O/c18-15-3-4-16(20-11-15)21-17(23)14-5-8-22(9-6-14)12-13-2-1-7-19-10-13/h3-4,11,13-14,19H,1-2,5-10,12H2,(H,20,21,23). The Morgan fingerprint density at radius 2 is 2.17 bits per heavy atom. The van der Waals surface area contributed by atoms with Crippen molar-refractivity contribution in [3.05, 3.63) is 22.8 Å². The molecule has 0 aromatic carbocycles. The van der Waals surface area contributed by atoms with Gasteiger partial charge in [0.05, 0.1) is 0 Å². The summed E-state index contributed by atoms with van der Waals surface area (Å²) in [6.07, 6.45) is 6.23. The van der Waals surface area contributed by atoms with Crippen LogP contribution in [0.25, 0.3) is 0 Å². The lowest BCUT2D eigenvalue weighted by Crippen LogP contribution is -2.43. The van der Waals surface area contributed by atoms with Gasteiger partial charge >= 0.3 is 0 Å². The van der Waals surface area contributed by atoms with E-state index in [4.69, 9.17) is 0 Å². The quantitative estimate of drug-likeness (QED) is 0.842. The highest BCUT2D eigenvalue weighted by Gasteiger charge is 2.26. The number of aromatic nitrogens is 1. The van der Waals surface area contributed by atoms with Crippen LogP contribution in [0.3, 0.4) is 0 Å². The number of nitrogens with one attached hydrogen (secondary N) is 2. The van der Waals surface area contributed by atoms with E-state index in [1.165, 1.54) is 25.9 Å². The van der Waals surface area contributed by atoms with Crippen LogP contribution in [0.15, 0.2) is 22.8 Å². The van der Waals surface area contributed by atoms with Gasteiger partial charge in [0.25, 0.3) is 0 Å². The molecule has 0 aliphatic carbocycles.